The number of thiazole rings is 1. The first-order valence-corrected chi connectivity index (χ1v) is 7.32. The Bertz CT molecular complexity index is 787. The lowest BCUT2D eigenvalue weighted by Crippen LogP contribution is -3.06. The number of nitrogens with zero attached hydrogens (tertiary/aromatic N) is 2. The number of hydrogen-bond acceptors (Lipinski definition) is 4. The van der Waals surface area contributed by atoms with Crippen LogP contribution in [0, 0.1) is 6.92 Å². The highest BCUT2D eigenvalue weighted by atomic mass is 32.1. The van der Waals surface area contributed by atoms with Gasteiger partial charge in [0.15, 0.2) is 10.7 Å². The lowest BCUT2D eigenvalue weighted by Gasteiger charge is -2.11. The standard InChI is InChI=1S/C14H15N3O2S/c1-10-3-4-12(19-10)9-16(2)8-11-7-13(18)17-5-6-20-14(17)15-11/h3-7H,8-9H2,1-2H3/p+1. The van der Waals surface area contributed by atoms with E-state index >= 15 is 0 Å². The zero-order valence-electron chi connectivity index (χ0n) is 11.4. The number of rotatable bonds is 4. The molecule has 0 saturated carbocycles. The molecule has 1 N–H and O–H groups in total. The van der Waals surface area contributed by atoms with E-state index in [1.807, 2.05) is 24.4 Å². The minimum Gasteiger partial charge on any atom is -0.460 e. The second-order valence-corrected chi connectivity index (χ2v) is 5.84. The summed E-state index contributed by atoms with van der Waals surface area (Å²) in [6.07, 6.45) is 1.75. The third-order valence-corrected chi connectivity index (χ3v) is 3.87. The van der Waals surface area contributed by atoms with Crippen LogP contribution in [0.4, 0.5) is 0 Å². The Morgan fingerprint density at radius 2 is 2.25 bits per heavy atom. The minimum atomic E-state index is -0.0205. The molecule has 0 amide bonds. The van der Waals surface area contributed by atoms with Crippen molar-refractivity contribution in [1.82, 2.24) is 9.38 Å². The van der Waals surface area contributed by atoms with Crippen molar-refractivity contribution in [2.24, 2.45) is 0 Å². The van der Waals surface area contributed by atoms with Crippen molar-refractivity contribution in [1.29, 1.82) is 0 Å². The Morgan fingerprint density at radius 3 is 3.00 bits per heavy atom. The second-order valence-electron chi connectivity index (χ2n) is 4.96. The van der Waals surface area contributed by atoms with E-state index < -0.39 is 0 Å². The van der Waals surface area contributed by atoms with Gasteiger partial charge in [-0.25, -0.2) is 4.98 Å². The molecule has 0 aliphatic rings. The van der Waals surface area contributed by atoms with Crippen molar-refractivity contribution in [3.63, 3.8) is 0 Å². The molecule has 0 saturated heterocycles. The molecule has 3 aromatic rings. The van der Waals surface area contributed by atoms with Crippen LogP contribution in [0.1, 0.15) is 17.2 Å². The SMILES string of the molecule is Cc1ccc(C[NH+](C)Cc2cc(=O)n3ccsc3n2)o1. The van der Waals surface area contributed by atoms with Gasteiger partial charge >= 0.3 is 0 Å². The molecular weight excluding hydrogens is 274 g/mol. The van der Waals surface area contributed by atoms with Gasteiger partial charge in [0.25, 0.3) is 5.56 Å². The molecule has 0 aliphatic carbocycles. The molecule has 1 atom stereocenters. The van der Waals surface area contributed by atoms with E-state index in [2.05, 4.69) is 12.0 Å². The molecule has 1 unspecified atom stereocenters. The van der Waals surface area contributed by atoms with Crippen LogP contribution in [-0.2, 0) is 13.1 Å². The quantitative estimate of drug-likeness (QED) is 0.776. The van der Waals surface area contributed by atoms with Gasteiger partial charge < -0.3 is 9.32 Å². The van der Waals surface area contributed by atoms with Crippen LogP contribution in [0.25, 0.3) is 4.96 Å². The maximum Gasteiger partial charge on any atom is 0.258 e. The van der Waals surface area contributed by atoms with E-state index in [0.717, 1.165) is 28.7 Å². The van der Waals surface area contributed by atoms with Crippen molar-refractivity contribution in [3.05, 3.63) is 57.3 Å². The van der Waals surface area contributed by atoms with Crippen molar-refractivity contribution >= 4 is 16.3 Å². The minimum absolute atomic E-state index is 0.0205. The van der Waals surface area contributed by atoms with E-state index in [-0.39, 0.29) is 5.56 Å². The van der Waals surface area contributed by atoms with Crippen LogP contribution >= 0.6 is 11.3 Å². The van der Waals surface area contributed by atoms with Gasteiger partial charge in [0.2, 0.25) is 0 Å². The first-order chi connectivity index (χ1) is 9.61. The molecule has 3 heterocycles. The summed E-state index contributed by atoms with van der Waals surface area (Å²) in [5.41, 5.74) is 0.797. The van der Waals surface area contributed by atoms with Gasteiger partial charge in [-0.2, -0.15) is 0 Å². The van der Waals surface area contributed by atoms with E-state index in [1.165, 1.54) is 16.2 Å². The molecule has 3 rings (SSSR count). The molecule has 3 aromatic heterocycles. The van der Waals surface area contributed by atoms with Gasteiger partial charge in [0, 0.05) is 17.6 Å². The number of aromatic nitrogens is 2. The van der Waals surface area contributed by atoms with E-state index in [1.54, 1.807) is 16.7 Å². The summed E-state index contributed by atoms with van der Waals surface area (Å²) in [5, 5.41) is 1.87. The average molecular weight is 290 g/mol. The summed E-state index contributed by atoms with van der Waals surface area (Å²) < 4.78 is 7.14. The molecule has 6 heteroatoms. The fraction of sp³-hybridized carbons (Fsp3) is 0.286. The molecule has 0 spiro atoms. The van der Waals surface area contributed by atoms with Gasteiger partial charge in [0.1, 0.15) is 24.5 Å². The number of nitrogens with one attached hydrogen (secondary N) is 1. The third kappa shape index (κ3) is 2.66. The summed E-state index contributed by atoms with van der Waals surface area (Å²) in [6.45, 7) is 3.41. The van der Waals surface area contributed by atoms with Gasteiger partial charge in [-0.15, -0.1) is 11.3 Å². The Hall–Kier alpha value is -1.92. The van der Waals surface area contributed by atoms with Crippen molar-refractivity contribution in [2.75, 3.05) is 7.05 Å². The maximum absolute atomic E-state index is 11.9. The predicted molar refractivity (Wildman–Crippen MR) is 77.1 cm³/mol. The zero-order chi connectivity index (χ0) is 14.1. The van der Waals surface area contributed by atoms with Gasteiger partial charge in [-0.3, -0.25) is 9.20 Å². The number of hydrogen-bond donors (Lipinski definition) is 1. The summed E-state index contributed by atoms with van der Waals surface area (Å²) in [4.78, 5) is 18.4. The summed E-state index contributed by atoms with van der Waals surface area (Å²) >= 11 is 1.47. The molecule has 20 heavy (non-hydrogen) atoms. The Morgan fingerprint density at radius 1 is 1.40 bits per heavy atom. The van der Waals surface area contributed by atoms with Crippen LogP contribution in [0.5, 0.6) is 0 Å². The fourth-order valence-corrected chi connectivity index (χ4v) is 2.97. The van der Waals surface area contributed by atoms with Crippen molar-refractivity contribution in [3.8, 4) is 0 Å². The van der Waals surface area contributed by atoms with Gasteiger partial charge in [0.05, 0.1) is 7.05 Å². The summed E-state index contributed by atoms with van der Waals surface area (Å²) in [7, 11) is 2.07. The Kier molecular flexibility index (Phi) is 3.42. The van der Waals surface area contributed by atoms with Gasteiger partial charge in [-0.05, 0) is 19.1 Å². The number of fused-ring (bicyclic) bond motifs is 1. The normalized spacial score (nSPS) is 12.9. The number of aryl methyl sites for hydroxylation is 1. The maximum atomic E-state index is 11.9. The number of quaternary nitrogens is 1. The molecule has 0 bridgehead atoms. The predicted octanol–water partition coefficient (Wildman–Crippen LogP) is 0.872. The second kappa shape index (κ2) is 5.22. The van der Waals surface area contributed by atoms with E-state index in [9.17, 15) is 4.79 Å². The molecule has 0 aliphatic heterocycles. The highest BCUT2D eigenvalue weighted by molar-refractivity contribution is 7.15. The highest BCUT2D eigenvalue weighted by Gasteiger charge is 2.11. The lowest BCUT2D eigenvalue weighted by molar-refractivity contribution is -0.909. The Labute approximate surface area is 120 Å². The Balaban J connectivity index is 1.76. The molecule has 0 fully saturated rings. The highest BCUT2D eigenvalue weighted by Crippen LogP contribution is 2.06. The fourth-order valence-electron chi connectivity index (χ4n) is 2.23. The number of furan rings is 1. The van der Waals surface area contributed by atoms with Crippen LogP contribution in [0.15, 0.2) is 39.0 Å². The van der Waals surface area contributed by atoms with Crippen LogP contribution in [-0.4, -0.2) is 16.4 Å². The van der Waals surface area contributed by atoms with Gasteiger partial charge in [-0.1, -0.05) is 0 Å². The van der Waals surface area contributed by atoms with Crippen molar-refractivity contribution in [2.45, 2.75) is 20.0 Å². The van der Waals surface area contributed by atoms with E-state index in [4.69, 9.17) is 4.42 Å². The third-order valence-electron chi connectivity index (χ3n) is 3.11. The smallest absolute Gasteiger partial charge is 0.258 e. The lowest BCUT2D eigenvalue weighted by atomic mass is 10.3. The molecule has 5 nitrogen and oxygen atoms in total. The monoisotopic (exact) mass is 290 g/mol. The first kappa shape index (κ1) is 13.1. The van der Waals surface area contributed by atoms with Crippen LogP contribution in [0.3, 0.4) is 0 Å². The average Bonchev–Trinajstić information content (AvgIpc) is 2.98. The van der Waals surface area contributed by atoms with Crippen LogP contribution < -0.4 is 10.5 Å². The van der Waals surface area contributed by atoms with E-state index in [0.29, 0.717) is 6.54 Å². The summed E-state index contributed by atoms with van der Waals surface area (Å²) in [6, 6.07) is 5.56. The molecule has 104 valence electrons. The topological polar surface area (TPSA) is 52.0 Å². The largest absolute Gasteiger partial charge is 0.460 e. The van der Waals surface area contributed by atoms with Crippen LogP contribution in [0.2, 0.25) is 0 Å². The van der Waals surface area contributed by atoms with Crippen molar-refractivity contribution < 1.29 is 9.32 Å². The molecule has 0 aromatic carbocycles. The molecule has 0 radical (unpaired) electrons. The zero-order valence-corrected chi connectivity index (χ0v) is 12.2. The molecular formula is C14H16N3O2S+. The summed E-state index contributed by atoms with van der Waals surface area (Å²) in [5.74, 6) is 1.87. The first-order valence-electron chi connectivity index (χ1n) is 6.44.